The van der Waals surface area contributed by atoms with Gasteiger partial charge in [0, 0.05) is 13.0 Å². The van der Waals surface area contributed by atoms with Crippen molar-refractivity contribution in [2.24, 2.45) is 0 Å². The van der Waals surface area contributed by atoms with E-state index in [-0.39, 0.29) is 18.4 Å². The van der Waals surface area contributed by atoms with Gasteiger partial charge in [-0.2, -0.15) is 0 Å². The molecule has 0 aromatic heterocycles. The van der Waals surface area contributed by atoms with Gasteiger partial charge < -0.3 is 19.7 Å². The van der Waals surface area contributed by atoms with Gasteiger partial charge in [-0.1, -0.05) is 29.8 Å². The first-order valence-corrected chi connectivity index (χ1v) is 8.37. The summed E-state index contributed by atoms with van der Waals surface area (Å²) in [6, 6.07) is 7.60. The molecule has 6 heteroatoms. The summed E-state index contributed by atoms with van der Waals surface area (Å²) in [5.74, 6) is -0.886. The summed E-state index contributed by atoms with van der Waals surface area (Å²) in [5.41, 5.74) is 2.20. The number of hydrogen-bond acceptors (Lipinski definition) is 4. The van der Waals surface area contributed by atoms with E-state index in [2.05, 4.69) is 5.32 Å². The molecule has 0 radical (unpaired) electrons. The zero-order chi connectivity index (χ0) is 17.2. The first-order chi connectivity index (χ1) is 11.5. The lowest BCUT2D eigenvalue weighted by atomic mass is 10.1. The molecular weight excluding hydrogens is 308 g/mol. The minimum absolute atomic E-state index is 0.0234. The molecule has 2 heterocycles. The van der Waals surface area contributed by atoms with Crippen LogP contribution in [0.25, 0.3) is 0 Å². The van der Waals surface area contributed by atoms with Crippen molar-refractivity contribution in [3.8, 4) is 0 Å². The molecule has 1 N–H and O–H groups in total. The van der Waals surface area contributed by atoms with Gasteiger partial charge in [-0.05, 0) is 25.8 Å². The number of amides is 2. The molecule has 1 atom stereocenters. The molecule has 0 bridgehead atoms. The van der Waals surface area contributed by atoms with E-state index in [4.69, 9.17) is 9.47 Å². The summed E-state index contributed by atoms with van der Waals surface area (Å²) in [7, 11) is 0. The first kappa shape index (κ1) is 16.9. The normalized spacial score (nSPS) is 22.8. The van der Waals surface area contributed by atoms with Crippen molar-refractivity contribution >= 4 is 11.8 Å². The molecule has 0 aliphatic carbocycles. The highest BCUT2D eigenvalue weighted by molar-refractivity contribution is 5.90. The van der Waals surface area contributed by atoms with Crippen molar-refractivity contribution in [3.05, 3.63) is 35.4 Å². The number of ether oxygens (including phenoxy) is 2. The Balaban J connectivity index is 1.61. The number of carbonyl (C=O) groups is 2. The summed E-state index contributed by atoms with van der Waals surface area (Å²) in [6.45, 7) is 5.65. The van der Waals surface area contributed by atoms with Crippen molar-refractivity contribution in [2.45, 2.75) is 45.1 Å². The fraction of sp³-hybridized carbons (Fsp3) is 0.556. The van der Waals surface area contributed by atoms with E-state index in [1.54, 1.807) is 4.90 Å². The van der Waals surface area contributed by atoms with Gasteiger partial charge in [0.25, 0.3) is 0 Å². The van der Waals surface area contributed by atoms with E-state index in [1.807, 2.05) is 38.1 Å². The molecule has 0 unspecified atom stereocenters. The number of hydrogen-bond donors (Lipinski definition) is 1. The van der Waals surface area contributed by atoms with Crippen LogP contribution in [0.15, 0.2) is 24.3 Å². The van der Waals surface area contributed by atoms with Crippen LogP contribution in [0.1, 0.15) is 30.9 Å². The van der Waals surface area contributed by atoms with Crippen LogP contribution >= 0.6 is 0 Å². The monoisotopic (exact) mass is 332 g/mol. The maximum absolute atomic E-state index is 12.5. The van der Waals surface area contributed by atoms with Crippen molar-refractivity contribution < 1.29 is 19.1 Å². The van der Waals surface area contributed by atoms with Gasteiger partial charge in [0.05, 0.1) is 19.8 Å². The first-order valence-electron chi connectivity index (χ1n) is 8.37. The minimum Gasteiger partial charge on any atom is -0.349 e. The lowest BCUT2D eigenvalue weighted by molar-refractivity contribution is -0.148. The molecule has 130 valence electrons. The Bertz CT molecular complexity index is 608. The number of nitrogens with zero attached hydrogens (tertiary/aromatic N) is 1. The average Bonchev–Trinajstić information content (AvgIpc) is 3.15. The van der Waals surface area contributed by atoms with E-state index in [1.165, 1.54) is 5.56 Å². The van der Waals surface area contributed by atoms with Crippen LogP contribution in [0.2, 0.25) is 0 Å². The Labute approximate surface area is 142 Å². The van der Waals surface area contributed by atoms with Crippen LogP contribution in [0.4, 0.5) is 0 Å². The van der Waals surface area contributed by atoms with E-state index in [0.717, 1.165) is 5.56 Å². The van der Waals surface area contributed by atoms with Crippen LogP contribution in [0.3, 0.4) is 0 Å². The van der Waals surface area contributed by atoms with E-state index in [0.29, 0.717) is 32.6 Å². The Kier molecular flexibility index (Phi) is 4.87. The lowest BCUT2D eigenvalue weighted by Crippen LogP contribution is -2.49. The highest BCUT2D eigenvalue weighted by Gasteiger charge is 2.38. The maximum Gasteiger partial charge on any atom is 0.243 e. The molecule has 2 aliphatic heterocycles. The van der Waals surface area contributed by atoms with Crippen molar-refractivity contribution in [1.82, 2.24) is 10.2 Å². The molecule has 0 saturated carbocycles. The van der Waals surface area contributed by atoms with Crippen molar-refractivity contribution in [3.63, 3.8) is 0 Å². The van der Waals surface area contributed by atoms with Crippen LogP contribution < -0.4 is 5.32 Å². The topological polar surface area (TPSA) is 67.9 Å². The number of carbonyl (C=O) groups excluding carboxylic acids is 2. The van der Waals surface area contributed by atoms with Gasteiger partial charge in [0.15, 0.2) is 5.79 Å². The predicted octanol–water partition coefficient (Wildman–Crippen LogP) is 1.37. The fourth-order valence-corrected chi connectivity index (χ4v) is 3.12. The summed E-state index contributed by atoms with van der Waals surface area (Å²) >= 11 is 0. The Hall–Kier alpha value is -1.92. The third-order valence-electron chi connectivity index (χ3n) is 4.59. The van der Waals surface area contributed by atoms with Crippen LogP contribution in [-0.4, -0.2) is 48.3 Å². The van der Waals surface area contributed by atoms with Gasteiger partial charge in [-0.25, -0.2) is 0 Å². The number of nitrogens with one attached hydrogen (secondary N) is 1. The second kappa shape index (κ2) is 6.91. The smallest absolute Gasteiger partial charge is 0.243 e. The van der Waals surface area contributed by atoms with E-state index in [9.17, 15) is 9.59 Å². The molecule has 0 spiro atoms. The van der Waals surface area contributed by atoms with Crippen LogP contribution in [0, 0.1) is 6.92 Å². The fourth-order valence-electron chi connectivity index (χ4n) is 3.12. The number of aryl methyl sites for hydroxylation is 1. The predicted molar refractivity (Wildman–Crippen MR) is 88.1 cm³/mol. The van der Waals surface area contributed by atoms with Crippen LogP contribution in [0.5, 0.6) is 0 Å². The molecule has 1 aromatic carbocycles. The highest BCUT2D eigenvalue weighted by atomic mass is 16.7. The van der Waals surface area contributed by atoms with Crippen LogP contribution in [-0.2, 0) is 25.6 Å². The lowest BCUT2D eigenvalue weighted by Gasteiger charge is -2.27. The molecule has 6 nitrogen and oxygen atoms in total. The Morgan fingerprint density at radius 1 is 1.29 bits per heavy atom. The Morgan fingerprint density at radius 2 is 1.96 bits per heavy atom. The zero-order valence-electron chi connectivity index (χ0n) is 14.2. The molecule has 2 aliphatic rings. The van der Waals surface area contributed by atoms with Crippen molar-refractivity contribution in [1.29, 1.82) is 0 Å². The average molecular weight is 332 g/mol. The zero-order valence-corrected chi connectivity index (χ0v) is 14.2. The number of likely N-dealkylation sites (tertiary alicyclic amines) is 1. The molecule has 2 saturated heterocycles. The van der Waals surface area contributed by atoms with Gasteiger partial charge in [-0.15, -0.1) is 0 Å². The van der Waals surface area contributed by atoms with Gasteiger partial charge in [0.2, 0.25) is 11.8 Å². The number of rotatable bonds is 5. The summed E-state index contributed by atoms with van der Waals surface area (Å²) < 4.78 is 11.0. The minimum atomic E-state index is -0.764. The van der Waals surface area contributed by atoms with Gasteiger partial charge in [-0.3, -0.25) is 9.59 Å². The highest BCUT2D eigenvalue weighted by Crippen LogP contribution is 2.23. The van der Waals surface area contributed by atoms with Gasteiger partial charge in [0.1, 0.15) is 6.04 Å². The summed E-state index contributed by atoms with van der Waals surface area (Å²) in [6.07, 6.45) is 0.961. The van der Waals surface area contributed by atoms with E-state index >= 15 is 0 Å². The van der Waals surface area contributed by atoms with Crippen molar-refractivity contribution in [2.75, 3.05) is 19.8 Å². The molecular formula is C18H24N2O4. The molecule has 3 rings (SSSR count). The third kappa shape index (κ3) is 3.76. The summed E-state index contributed by atoms with van der Waals surface area (Å²) in [4.78, 5) is 26.4. The SMILES string of the molecule is Cc1ccc(CN2C(=O)CC[C@H]2C(=O)NCC2(C)OCCO2)cc1. The second-order valence-corrected chi connectivity index (χ2v) is 6.61. The number of benzene rings is 1. The van der Waals surface area contributed by atoms with Gasteiger partial charge >= 0.3 is 0 Å². The largest absolute Gasteiger partial charge is 0.349 e. The molecule has 24 heavy (non-hydrogen) atoms. The molecule has 2 amide bonds. The molecule has 2 fully saturated rings. The van der Waals surface area contributed by atoms with E-state index < -0.39 is 11.8 Å². The summed E-state index contributed by atoms with van der Waals surface area (Å²) in [5, 5.41) is 2.87. The quantitative estimate of drug-likeness (QED) is 0.884. The standard InChI is InChI=1S/C18H24N2O4/c1-13-3-5-14(6-4-13)11-20-15(7-8-16(20)21)17(22)19-12-18(2)23-9-10-24-18/h3-6,15H,7-12H2,1-2H3,(H,19,22)/t15-/m0/s1. The third-order valence-corrected chi connectivity index (χ3v) is 4.59. The Morgan fingerprint density at radius 3 is 2.62 bits per heavy atom. The maximum atomic E-state index is 12.5. The molecule has 1 aromatic rings. The second-order valence-electron chi connectivity index (χ2n) is 6.61.